The van der Waals surface area contributed by atoms with Crippen LogP contribution in [0.1, 0.15) is 25.7 Å². The third-order valence-corrected chi connectivity index (χ3v) is 2.90. The van der Waals surface area contributed by atoms with Crippen LogP contribution in [0.2, 0.25) is 0 Å². The zero-order valence-corrected chi connectivity index (χ0v) is 9.28. The molecule has 1 rings (SSSR count). The monoisotopic (exact) mass is 212 g/mol. The molecule has 0 bridgehead atoms. The van der Waals surface area contributed by atoms with E-state index in [2.05, 4.69) is 17.3 Å². The first-order chi connectivity index (χ1) is 7.20. The van der Waals surface area contributed by atoms with Crippen molar-refractivity contribution in [3.63, 3.8) is 0 Å². The van der Waals surface area contributed by atoms with Crippen LogP contribution in [0.5, 0.6) is 0 Å². The quantitative estimate of drug-likeness (QED) is 0.510. The van der Waals surface area contributed by atoms with Gasteiger partial charge in [-0.15, -0.1) is 0 Å². The van der Waals surface area contributed by atoms with Gasteiger partial charge in [-0.05, 0) is 19.9 Å². The number of hydrogen-bond donors (Lipinski definition) is 2. The third-order valence-electron chi connectivity index (χ3n) is 2.90. The van der Waals surface area contributed by atoms with Gasteiger partial charge in [-0.3, -0.25) is 0 Å². The SMILES string of the molecule is CN(CCN/C=C/C(=O)O)C1CCCC1. The molecule has 0 spiro atoms. The highest BCUT2D eigenvalue weighted by Crippen LogP contribution is 2.21. The Kier molecular flexibility index (Phi) is 5.18. The molecule has 0 unspecified atom stereocenters. The molecule has 15 heavy (non-hydrogen) atoms. The third kappa shape index (κ3) is 4.83. The maximum absolute atomic E-state index is 10.2. The Labute approximate surface area is 91.0 Å². The summed E-state index contributed by atoms with van der Waals surface area (Å²) in [6.07, 6.45) is 7.92. The molecule has 0 amide bonds. The molecule has 4 heteroatoms. The molecular weight excluding hydrogens is 192 g/mol. The number of rotatable bonds is 6. The molecule has 0 atom stereocenters. The van der Waals surface area contributed by atoms with Gasteiger partial charge in [0, 0.05) is 31.4 Å². The number of nitrogens with zero attached hydrogens (tertiary/aromatic N) is 1. The van der Waals surface area contributed by atoms with Crippen molar-refractivity contribution in [3.05, 3.63) is 12.3 Å². The van der Waals surface area contributed by atoms with Gasteiger partial charge in [-0.1, -0.05) is 12.8 Å². The van der Waals surface area contributed by atoms with Crippen LogP contribution >= 0.6 is 0 Å². The Morgan fingerprint density at radius 1 is 1.53 bits per heavy atom. The van der Waals surface area contributed by atoms with E-state index in [9.17, 15) is 4.79 Å². The summed E-state index contributed by atoms with van der Waals surface area (Å²) in [5, 5.41) is 11.3. The van der Waals surface area contributed by atoms with Crippen molar-refractivity contribution in [2.75, 3.05) is 20.1 Å². The summed E-state index contributed by atoms with van der Waals surface area (Å²) in [7, 11) is 2.14. The molecule has 2 N–H and O–H groups in total. The molecule has 86 valence electrons. The first kappa shape index (κ1) is 12.0. The van der Waals surface area contributed by atoms with Crippen molar-refractivity contribution in [2.24, 2.45) is 0 Å². The van der Waals surface area contributed by atoms with Gasteiger partial charge >= 0.3 is 5.97 Å². The smallest absolute Gasteiger partial charge is 0.329 e. The van der Waals surface area contributed by atoms with Gasteiger partial charge in [0.25, 0.3) is 0 Å². The van der Waals surface area contributed by atoms with Crippen molar-refractivity contribution < 1.29 is 9.90 Å². The van der Waals surface area contributed by atoms with Crippen molar-refractivity contribution in [1.29, 1.82) is 0 Å². The Bertz CT molecular complexity index is 223. The minimum absolute atomic E-state index is 0.732. The minimum Gasteiger partial charge on any atom is -0.478 e. The highest BCUT2D eigenvalue weighted by atomic mass is 16.4. The highest BCUT2D eigenvalue weighted by Gasteiger charge is 2.18. The van der Waals surface area contributed by atoms with Crippen molar-refractivity contribution in [1.82, 2.24) is 10.2 Å². The lowest BCUT2D eigenvalue weighted by atomic mass is 10.2. The summed E-state index contributed by atoms with van der Waals surface area (Å²) < 4.78 is 0. The lowest BCUT2D eigenvalue weighted by molar-refractivity contribution is -0.131. The van der Waals surface area contributed by atoms with Crippen LogP contribution in [-0.2, 0) is 4.79 Å². The maximum atomic E-state index is 10.2. The van der Waals surface area contributed by atoms with E-state index >= 15 is 0 Å². The number of carboxylic acids is 1. The van der Waals surface area contributed by atoms with E-state index in [0.717, 1.165) is 25.2 Å². The first-order valence-electron chi connectivity index (χ1n) is 5.53. The highest BCUT2D eigenvalue weighted by molar-refractivity contribution is 5.79. The predicted octanol–water partition coefficient (Wildman–Crippen LogP) is 1.05. The largest absolute Gasteiger partial charge is 0.478 e. The summed E-state index contributed by atoms with van der Waals surface area (Å²) >= 11 is 0. The standard InChI is InChI=1S/C11H20N2O2/c1-13(10-4-2-3-5-10)9-8-12-7-6-11(14)15/h6-7,10,12H,2-5,8-9H2,1H3,(H,14,15)/b7-6+. The molecular formula is C11H20N2O2. The van der Waals surface area contributed by atoms with Gasteiger partial charge in [0.15, 0.2) is 0 Å². The van der Waals surface area contributed by atoms with Gasteiger partial charge in [0.1, 0.15) is 0 Å². The van der Waals surface area contributed by atoms with E-state index in [1.807, 2.05) is 0 Å². The Hall–Kier alpha value is -1.03. The lowest BCUT2D eigenvalue weighted by Crippen LogP contribution is -2.34. The molecule has 0 radical (unpaired) electrons. The van der Waals surface area contributed by atoms with Crippen LogP contribution in [-0.4, -0.2) is 42.2 Å². The molecule has 0 saturated heterocycles. The number of nitrogens with one attached hydrogen (secondary N) is 1. The lowest BCUT2D eigenvalue weighted by Gasteiger charge is -2.23. The number of likely N-dealkylation sites (N-methyl/N-ethyl adjacent to an activating group) is 1. The van der Waals surface area contributed by atoms with Crippen LogP contribution < -0.4 is 5.32 Å². The van der Waals surface area contributed by atoms with Crippen LogP contribution in [0.3, 0.4) is 0 Å². The normalized spacial score (nSPS) is 17.7. The van der Waals surface area contributed by atoms with Crippen LogP contribution in [0.25, 0.3) is 0 Å². The molecule has 0 heterocycles. The van der Waals surface area contributed by atoms with E-state index in [0.29, 0.717) is 0 Å². The van der Waals surface area contributed by atoms with Gasteiger partial charge in [0.05, 0.1) is 0 Å². The van der Waals surface area contributed by atoms with Gasteiger partial charge < -0.3 is 15.3 Å². The molecule has 0 aromatic heterocycles. The van der Waals surface area contributed by atoms with Crippen LogP contribution in [0.15, 0.2) is 12.3 Å². The number of hydrogen-bond acceptors (Lipinski definition) is 3. The van der Waals surface area contributed by atoms with E-state index in [1.54, 1.807) is 0 Å². The fourth-order valence-electron chi connectivity index (χ4n) is 1.98. The topological polar surface area (TPSA) is 52.6 Å². The first-order valence-corrected chi connectivity index (χ1v) is 5.53. The average molecular weight is 212 g/mol. The molecule has 4 nitrogen and oxygen atoms in total. The Balaban J connectivity index is 2.06. The van der Waals surface area contributed by atoms with Crippen molar-refractivity contribution >= 4 is 5.97 Å². The summed E-state index contributed by atoms with van der Waals surface area (Å²) in [5.74, 6) is -0.911. The number of carbonyl (C=O) groups is 1. The van der Waals surface area contributed by atoms with Crippen LogP contribution in [0, 0.1) is 0 Å². The summed E-state index contributed by atoms with van der Waals surface area (Å²) in [6, 6.07) is 0.732. The van der Waals surface area contributed by atoms with Crippen molar-refractivity contribution in [2.45, 2.75) is 31.7 Å². The molecule has 0 aliphatic heterocycles. The van der Waals surface area contributed by atoms with Gasteiger partial charge in [-0.2, -0.15) is 0 Å². The average Bonchev–Trinajstić information content (AvgIpc) is 2.69. The fourth-order valence-corrected chi connectivity index (χ4v) is 1.98. The molecule has 0 aromatic carbocycles. The predicted molar refractivity (Wildman–Crippen MR) is 59.7 cm³/mol. The van der Waals surface area contributed by atoms with E-state index < -0.39 is 5.97 Å². The van der Waals surface area contributed by atoms with E-state index in [4.69, 9.17) is 5.11 Å². The molecule has 1 fully saturated rings. The van der Waals surface area contributed by atoms with Gasteiger partial charge in [-0.25, -0.2) is 4.79 Å². The zero-order chi connectivity index (χ0) is 11.1. The second kappa shape index (κ2) is 6.45. The summed E-state index contributed by atoms with van der Waals surface area (Å²) in [5.41, 5.74) is 0. The maximum Gasteiger partial charge on any atom is 0.329 e. The fraction of sp³-hybridized carbons (Fsp3) is 0.727. The second-order valence-corrected chi connectivity index (χ2v) is 4.04. The Morgan fingerprint density at radius 2 is 2.20 bits per heavy atom. The molecule has 1 aliphatic carbocycles. The minimum atomic E-state index is -0.911. The summed E-state index contributed by atoms with van der Waals surface area (Å²) in [6.45, 7) is 1.77. The second-order valence-electron chi connectivity index (χ2n) is 4.04. The van der Waals surface area contributed by atoms with E-state index in [-0.39, 0.29) is 0 Å². The van der Waals surface area contributed by atoms with Crippen LogP contribution in [0.4, 0.5) is 0 Å². The molecule has 1 aliphatic rings. The molecule has 1 saturated carbocycles. The van der Waals surface area contributed by atoms with Crippen molar-refractivity contribution in [3.8, 4) is 0 Å². The molecule has 0 aromatic rings. The van der Waals surface area contributed by atoms with Gasteiger partial charge in [0.2, 0.25) is 0 Å². The summed E-state index contributed by atoms with van der Waals surface area (Å²) in [4.78, 5) is 12.5. The Morgan fingerprint density at radius 3 is 2.80 bits per heavy atom. The zero-order valence-electron chi connectivity index (χ0n) is 9.28. The number of carboxylic acid groups (broad SMARTS) is 1. The van der Waals surface area contributed by atoms with E-state index in [1.165, 1.54) is 31.9 Å². The number of aliphatic carboxylic acids is 1.